The predicted octanol–water partition coefficient (Wildman–Crippen LogP) is 1.36. The Balaban J connectivity index is 1.41. The number of nitrogens with one attached hydrogen (secondary N) is 1. The first-order chi connectivity index (χ1) is 11.7. The van der Waals surface area contributed by atoms with E-state index in [0.29, 0.717) is 11.3 Å². The second-order valence-corrected chi connectivity index (χ2v) is 5.71. The average Bonchev–Trinajstić information content (AvgIpc) is 3.06. The molecule has 4 rings (SSSR count). The van der Waals surface area contributed by atoms with Crippen LogP contribution in [-0.4, -0.2) is 46.7 Å². The number of nitrogens with zero attached hydrogens (tertiary/aromatic N) is 4. The minimum Gasteiger partial charge on any atom is -0.497 e. The first-order valence-electron chi connectivity index (χ1n) is 7.73. The van der Waals surface area contributed by atoms with Crippen LogP contribution >= 0.6 is 0 Å². The van der Waals surface area contributed by atoms with Crippen LogP contribution in [-0.2, 0) is 0 Å². The van der Waals surface area contributed by atoms with Crippen LogP contribution in [0.2, 0.25) is 0 Å². The van der Waals surface area contributed by atoms with Gasteiger partial charge in [0.25, 0.3) is 5.91 Å². The predicted molar refractivity (Wildman–Crippen MR) is 89.4 cm³/mol. The lowest BCUT2D eigenvalue weighted by molar-refractivity contribution is 0.0929. The Morgan fingerprint density at radius 1 is 1.25 bits per heavy atom. The van der Waals surface area contributed by atoms with Gasteiger partial charge in [-0.15, -0.1) is 0 Å². The fraction of sp³-hybridized carbons (Fsp3) is 0.235. The molecule has 1 aliphatic rings. The number of aromatic nitrogens is 3. The molecule has 0 radical (unpaired) electrons. The van der Waals surface area contributed by atoms with Gasteiger partial charge in [-0.05, 0) is 24.3 Å². The van der Waals surface area contributed by atoms with Crippen molar-refractivity contribution >= 4 is 17.4 Å². The minimum atomic E-state index is -0.0856. The van der Waals surface area contributed by atoms with Crippen molar-refractivity contribution in [1.29, 1.82) is 0 Å². The topological polar surface area (TPSA) is 71.8 Å². The third-order valence-corrected chi connectivity index (χ3v) is 4.14. The molecule has 122 valence electrons. The number of methoxy groups -OCH3 is 1. The molecule has 1 saturated heterocycles. The molecule has 0 spiro atoms. The molecule has 0 bridgehead atoms. The molecule has 0 unspecified atom stereocenters. The van der Waals surface area contributed by atoms with Gasteiger partial charge < -0.3 is 15.0 Å². The number of hydrogen-bond donors (Lipinski definition) is 1. The van der Waals surface area contributed by atoms with Crippen molar-refractivity contribution in [3.8, 4) is 5.75 Å². The van der Waals surface area contributed by atoms with E-state index in [1.807, 2.05) is 24.3 Å². The molecule has 0 saturated carbocycles. The largest absolute Gasteiger partial charge is 0.497 e. The SMILES string of the molecule is COc1cccc(C(=O)NC2CN(c3ccnc4ccnn34)C2)c1. The van der Waals surface area contributed by atoms with Gasteiger partial charge in [-0.1, -0.05) is 6.07 Å². The number of ether oxygens (including phenoxy) is 1. The summed E-state index contributed by atoms with van der Waals surface area (Å²) in [5.41, 5.74) is 1.42. The summed E-state index contributed by atoms with van der Waals surface area (Å²) in [6.45, 7) is 1.49. The van der Waals surface area contributed by atoms with Crippen LogP contribution in [0.4, 0.5) is 5.82 Å². The van der Waals surface area contributed by atoms with Gasteiger partial charge in [0.05, 0.1) is 19.3 Å². The lowest BCUT2D eigenvalue weighted by Gasteiger charge is -2.40. The first kappa shape index (κ1) is 14.5. The highest BCUT2D eigenvalue weighted by Crippen LogP contribution is 2.21. The number of rotatable bonds is 4. The molecule has 2 aromatic heterocycles. The lowest BCUT2D eigenvalue weighted by atomic mass is 10.1. The van der Waals surface area contributed by atoms with Gasteiger partial charge in [-0.2, -0.15) is 9.61 Å². The molecule has 7 heteroatoms. The Labute approximate surface area is 138 Å². The van der Waals surface area contributed by atoms with Crippen LogP contribution in [0.15, 0.2) is 48.8 Å². The maximum absolute atomic E-state index is 12.3. The number of hydrogen-bond acceptors (Lipinski definition) is 5. The summed E-state index contributed by atoms with van der Waals surface area (Å²) in [6, 6.07) is 11.1. The molecular formula is C17H17N5O2. The summed E-state index contributed by atoms with van der Waals surface area (Å²) in [4.78, 5) is 18.7. The summed E-state index contributed by atoms with van der Waals surface area (Å²) in [7, 11) is 1.59. The third kappa shape index (κ3) is 2.54. The second-order valence-electron chi connectivity index (χ2n) is 5.71. The smallest absolute Gasteiger partial charge is 0.251 e. The quantitative estimate of drug-likeness (QED) is 0.785. The third-order valence-electron chi connectivity index (χ3n) is 4.14. The van der Waals surface area contributed by atoms with Crippen LogP contribution in [0.1, 0.15) is 10.4 Å². The maximum atomic E-state index is 12.3. The molecule has 0 atom stereocenters. The van der Waals surface area contributed by atoms with Crippen molar-refractivity contribution in [2.24, 2.45) is 0 Å². The molecule has 1 amide bonds. The number of anilines is 1. The normalized spacial score (nSPS) is 14.5. The van der Waals surface area contributed by atoms with Gasteiger partial charge in [0.15, 0.2) is 5.65 Å². The summed E-state index contributed by atoms with van der Waals surface area (Å²) in [5, 5.41) is 7.33. The number of benzene rings is 1. The molecule has 1 aliphatic heterocycles. The van der Waals surface area contributed by atoms with E-state index >= 15 is 0 Å². The van der Waals surface area contributed by atoms with E-state index in [0.717, 1.165) is 24.6 Å². The first-order valence-corrected chi connectivity index (χ1v) is 7.73. The van der Waals surface area contributed by atoms with Crippen LogP contribution in [0.3, 0.4) is 0 Å². The number of carbonyl (C=O) groups is 1. The van der Waals surface area contributed by atoms with E-state index in [1.54, 1.807) is 36.2 Å². The molecule has 3 aromatic rings. The second kappa shape index (κ2) is 5.84. The van der Waals surface area contributed by atoms with E-state index in [-0.39, 0.29) is 11.9 Å². The number of fused-ring (bicyclic) bond motifs is 1. The van der Waals surface area contributed by atoms with Crippen LogP contribution in [0, 0.1) is 0 Å². The number of carbonyl (C=O) groups excluding carboxylic acids is 1. The van der Waals surface area contributed by atoms with Gasteiger partial charge >= 0.3 is 0 Å². The van der Waals surface area contributed by atoms with Crippen molar-refractivity contribution < 1.29 is 9.53 Å². The van der Waals surface area contributed by atoms with E-state index in [4.69, 9.17) is 4.74 Å². The fourth-order valence-electron chi connectivity index (χ4n) is 2.85. The zero-order valence-electron chi connectivity index (χ0n) is 13.2. The number of amides is 1. The maximum Gasteiger partial charge on any atom is 0.251 e. The van der Waals surface area contributed by atoms with E-state index in [1.165, 1.54) is 0 Å². The van der Waals surface area contributed by atoms with Gasteiger partial charge in [-0.25, -0.2) is 4.98 Å². The van der Waals surface area contributed by atoms with Crippen molar-refractivity contribution in [2.45, 2.75) is 6.04 Å². The van der Waals surface area contributed by atoms with Crippen molar-refractivity contribution in [1.82, 2.24) is 19.9 Å². The average molecular weight is 323 g/mol. The Hall–Kier alpha value is -3.09. The van der Waals surface area contributed by atoms with Gasteiger partial charge in [0.1, 0.15) is 11.6 Å². The molecule has 7 nitrogen and oxygen atoms in total. The summed E-state index contributed by atoms with van der Waals surface area (Å²) < 4.78 is 6.96. The molecule has 1 aromatic carbocycles. The minimum absolute atomic E-state index is 0.0856. The highest BCUT2D eigenvalue weighted by atomic mass is 16.5. The standard InChI is InChI=1S/C17H17N5O2/c1-24-14-4-2-3-12(9-14)17(23)20-13-10-21(11-13)16-6-7-18-15-5-8-19-22(15)16/h2-9,13H,10-11H2,1H3,(H,20,23). The highest BCUT2D eigenvalue weighted by Gasteiger charge is 2.30. The van der Waals surface area contributed by atoms with E-state index in [9.17, 15) is 4.79 Å². The van der Waals surface area contributed by atoms with Crippen molar-refractivity contribution in [3.63, 3.8) is 0 Å². The van der Waals surface area contributed by atoms with Crippen molar-refractivity contribution in [2.75, 3.05) is 25.1 Å². The molecule has 24 heavy (non-hydrogen) atoms. The van der Waals surface area contributed by atoms with E-state index in [2.05, 4.69) is 20.3 Å². The lowest BCUT2D eigenvalue weighted by Crippen LogP contribution is -2.60. The van der Waals surface area contributed by atoms with Crippen LogP contribution in [0.5, 0.6) is 5.75 Å². The Morgan fingerprint density at radius 3 is 2.96 bits per heavy atom. The van der Waals surface area contributed by atoms with Gasteiger partial charge in [-0.3, -0.25) is 4.79 Å². The summed E-state index contributed by atoms with van der Waals surface area (Å²) in [5.74, 6) is 1.57. The molecule has 1 fully saturated rings. The summed E-state index contributed by atoms with van der Waals surface area (Å²) >= 11 is 0. The van der Waals surface area contributed by atoms with Crippen LogP contribution in [0.25, 0.3) is 5.65 Å². The summed E-state index contributed by atoms with van der Waals surface area (Å²) in [6.07, 6.45) is 3.50. The highest BCUT2D eigenvalue weighted by molar-refractivity contribution is 5.95. The Kier molecular flexibility index (Phi) is 3.53. The zero-order valence-corrected chi connectivity index (χ0v) is 13.2. The van der Waals surface area contributed by atoms with Gasteiger partial charge in [0.2, 0.25) is 0 Å². The molecule has 3 heterocycles. The molecule has 0 aliphatic carbocycles. The zero-order chi connectivity index (χ0) is 16.5. The molecule has 1 N–H and O–H groups in total. The molecular weight excluding hydrogens is 306 g/mol. The van der Waals surface area contributed by atoms with Gasteiger partial charge in [0, 0.05) is 30.9 Å². The van der Waals surface area contributed by atoms with Crippen molar-refractivity contribution in [3.05, 3.63) is 54.4 Å². The fourth-order valence-corrected chi connectivity index (χ4v) is 2.85. The Morgan fingerprint density at radius 2 is 2.12 bits per heavy atom. The monoisotopic (exact) mass is 323 g/mol. The Bertz CT molecular complexity index is 885. The van der Waals surface area contributed by atoms with E-state index < -0.39 is 0 Å². The van der Waals surface area contributed by atoms with Crippen LogP contribution < -0.4 is 15.0 Å².